The monoisotopic (exact) mass is 437 g/mol. The van der Waals surface area contributed by atoms with Crippen molar-refractivity contribution in [1.29, 1.82) is 0 Å². The van der Waals surface area contributed by atoms with E-state index >= 15 is 0 Å². The van der Waals surface area contributed by atoms with E-state index in [4.69, 9.17) is 27.1 Å². The molecular weight excluding hydrogens is 418 g/mol. The first-order chi connectivity index (χ1) is 14.8. The lowest BCUT2D eigenvalue weighted by Gasteiger charge is -2.07. The van der Waals surface area contributed by atoms with Gasteiger partial charge in [0.25, 0.3) is 11.8 Å². The predicted molar refractivity (Wildman–Crippen MR) is 120 cm³/mol. The summed E-state index contributed by atoms with van der Waals surface area (Å²) in [6.45, 7) is 0. The first-order valence-corrected chi connectivity index (χ1v) is 9.74. The number of hydrogen-bond acceptors (Lipinski definition) is 4. The molecule has 8 nitrogen and oxygen atoms in total. The number of halogens is 1. The standard InChI is InChI=1S/C22H20ClN5O3/c1-27-11-15(20(24)29)19(31-3)18(27)21-26-16-10-14(8-9-17(16)28(21)2)25-22(30)12-4-6-13(23)7-5-12/h4-11H,1-3H3,(H2,24,29)(H,25,30). The third-order valence-corrected chi connectivity index (χ3v) is 5.31. The molecule has 3 N–H and O–H groups in total. The summed E-state index contributed by atoms with van der Waals surface area (Å²) in [5, 5.41) is 3.43. The van der Waals surface area contributed by atoms with Crippen molar-refractivity contribution in [2.75, 3.05) is 12.4 Å². The number of methoxy groups -OCH3 is 1. The molecule has 0 saturated heterocycles. The summed E-state index contributed by atoms with van der Waals surface area (Å²) >= 11 is 5.88. The molecule has 31 heavy (non-hydrogen) atoms. The van der Waals surface area contributed by atoms with E-state index in [1.54, 1.807) is 54.2 Å². The molecule has 0 radical (unpaired) electrons. The smallest absolute Gasteiger partial charge is 0.255 e. The summed E-state index contributed by atoms with van der Waals surface area (Å²) in [6.07, 6.45) is 1.62. The predicted octanol–water partition coefficient (Wildman–Crippen LogP) is 3.59. The number of benzene rings is 2. The lowest BCUT2D eigenvalue weighted by Crippen LogP contribution is -2.11. The Bertz CT molecular complexity index is 1320. The van der Waals surface area contributed by atoms with Gasteiger partial charge in [0.2, 0.25) is 0 Å². The first kappa shape index (κ1) is 20.5. The average molecular weight is 438 g/mol. The SMILES string of the molecule is COc1c(C(N)=O)cn(C)c1-c1nc2cc(NC(=O)c3ccc(Cl)cc3)ccc2n1C. The molecule has 0 unspecified atom stereocenters. The molecule has 158 valence electrons. The number of fused-ring (bicyclic) bond motifs is 1. The Hall–Kier alpha value is -3.78. The zero-order valence-electron chi connectivity index (χ0n) is 17.1. The Balaban J connectivity index is 1.73. The maximum atomic E-state index is 12.5. The minimum atomic E-state index is -0.579. The van der Waals surface area contributed by atoms with E-state index in [0.717, 1.165) is 5.52 Å². The molecule has 0 fully saturated rings. The zero-order valence-corrected chi connectivity index (χ0v) is 17.9. The fourth-order valence-corrected chi connectivity index (χ4v) is 3.67. The number of rotatable bonds is 5. The number of ether oxygens (including phenoxy) is 1. The maximum absolute atomic E-state index is 12.5. The van der Waals surface area contributed by atoms with E-state index in [2.05, 4.69) is 5.32 Å². The summed E-state index contributed by atoms with van der Waals surface area (Å²) in [4.78, 5) is 29.0. The second-order valence-electron chi connectivity index (χ2n) is 7.06. The molecule has 0 aliphatic heterocycles. The van der Waals surface area contributed by atoms with Crippen LogP contribution < -0.4 is 15.8 Å². The van der Waals surface area contributed by atoms with Gasteiger partial charge in [-0.3, -0.25) is 9.59 Å². The summed E-state index contributed by atoms with van der Waals surface area (Å²) in [7, 11) is 5.15. The number of anilines is 1. The quantitative estimate of drug-likeness (QED) is 0.497. The third kappa shape index (κ3) is 3.62. The van der Waals surface area contributed by atoms with E-state index in [1.807, 2.05) is 17.7 Å². The van der Waals surface area contributed by atoms with Gasteiger partial charge in [-0.15, -0.1) is 0 Å². The Morgan fingerprint density at radius 3 is 2.48 bits per heavy atom. The Kier molecular flexibility index (Phi) is 5.16. The number of carbonyl (C=O) groups excluding carboxylic acids is 2. The van der Waals surface area contributed by atoms with Crippen molar-refractivity contribution in [1.82, 2.24) is 14.1 Å². The minimum absolute atomic E-state index is 0.248. The van der Waals surface area contributed by atoms with Crippen molar-refractivity contribution < 1.29 is 14.3 Å². The molecular formula is C22H20ClN5O3. The van der Waals surface area contributed by atoms with Gasteiger partial charge < -0.3 is 24.9 Å². The van der Waals surface area contributed by atoms with Crippen molar-refractivity contribution in [2.24, 2.45) is 19.8 Å². The highest BCUT2D eigenvalue weighted by Crippen LogP contribution is 2.35. The topological polar surface area (TPSA) is 104 Å². The number of nitrogens with zero attached hydrogens (tertiary/aromatic N) is 3. The van der Waals surface area contributed by atoms with Crippen molar-refractivity contribution in [3.63, 3.8) is 0 Å². The van der Waals surface area contributed by atoms with E-state index < -0.39 is 5.91 Å². The lowest BCUT2D eigenvalue weighted by atomic mass is 10.2. The molecule has 0 bridgehead atoms. The number of hydrogen-bond donors (Lipinski definition) is 2. The summed E-state index contributed by atoms with van der Waals surface area (Å²) < 4.78 is 9.10. The highest BCUT2D eigenvalue weighted by molar-refractivity contribution is 6.30. The molecule has 4 rings (SSSR count). The van der Waals surface area contributed by atoms with Gasteiger partial charge in [-0.25, -0.2) is 4.98 Å². The van der Waals surface area contributed by atoms with Gasteiger partial charge in [-0.2, -0.15) is 0 Å². The van der Waals surface area contributed by atoms with E-state index in [1.165, 1.54) is 7.11 Å². The molecule has 0 saturated carbocycles. The number of carbonyl (C=O) groups is 2. The zero-order chi connectivity index (χ0) is 22.3. The van der Waals surface area contributed by atoms with Gasteiger partial charge in [0.15, 0.2) is 11.6 Å². The van der Waals surface area contributed by atoms with Crippen LogP contribution in [0, 0.1) is 0 Å². The van der Waals surface area contributed by atoms with E-state index in [0.29, 0.717) is 39.1 Å². The summed E-state index contributed by atoms with van der Waals surface area (Å²) in [5.74, 6) is 0.139. The van der Waals surface area contributed by atoms with Gasteiger partial charge in [0.05, 0.1) is 23.7 Å². The highest BCUT2D eigenvalue weighted by Gasteiger charge is 2.24. The summed E-state index contributed by atoms with van der Waals surface area (Å²) in [6, 6.07) is 12.1. The van der Waals surface area contributed by atoms with Crippen molar-refractivity contribution in [3.05, 3.63) is 64.8 Å². The maximum Gasteiger partial charge on any atom is 0.255 e. The Labute approximate surface area is 183 Å². The van der Waals surface area contributed by atoms with Crippen LogP contribution >= 0.6 is 11.6 Å². The second kappa shape index (κ2) is 7.81. The number of imidazole rings is 1. The fourth-order valence-electron chi connectivity index (χ4n) is 3.54. The molecule has 2 aromatic carbocycles. The molecule has 2 heterocycles. The summed E-state index contributed by atoms with van der Waals surface area (Å²) in [5.41, 5.74) is 9.02. The van der Waals surface area contributed by atoms with Crippen molar-refractivity contribution in [3.8, 4) is 17.3 Å². The van der Waals surface area contributed by atoms with Crippen LogP contribution in [0.25, 0.3) is 22.6 Å². The van der Waals surface area contributed by atoms with E-state index in [9.17, 15) is 9.59 Å². The van der Waals surface area contributed by atoms with Gasteiger partial charge in [-0.1, -0.05) is 11.6 Å². The van der Waals surface area contributed by atoms with Crippen LogP contribution in [0.5, 0.6) is 5.75 Å². The van der Waals surface area contributed by atoms with Crippen LogP contribution in [0.4, 0.5) is 5.69 Å². The van der Waals surface area contributed by atoms with E-state index in [-0.39, 0.29) is 11.5 Å². The number of primary amides is 1. The third-order valence-electron chi connectivity index (χ3n) is 5.06. The normalized spacial score (nSPS) is 11.0. The molecule has 2 amide bonds. The molecule has 2 aromatic heterocycles. The molecule has 0 atom stereocenters. The Morgan fingerprint density at radius 2 is 1.84 bits per heavy atom. The second-order valence-corrected chi connectivity index (χ2v) is 7.50. The van der Waals surface area contributed by atoms with Crippen LogP contribution in [0.3, 0.4) is 0 Å². The molecule has 4 aromatic rings. The van der Waals surface area contributed by atoms with Crippen LogP contribution in [0.1, 0.15) is 20.7 Å². The number of aryl methyl sites for hydroxylation is 2. The van der Waals surface area contributed by atoms with Crippen LogP contribution in [-0.2, 0) is 14.1 Å². The van der Waals surface area contributed by atoms with Crippen LogP contribution in [0.15, 0.2) is 48.7 Å². The lowest BCUT2D eigenvalue weighted by molar-refractivity contribution is 0.0995. The van der Waals surface area contributed by atoms with Gasteiger partial charge in [-0.05, 0) is 42.5 Å². The molecule has 0 aliphatic rings. The minimum Gasteiger partial charge on any atom is -0.494 e. The highest BCUT2D eigenvalue weighted by atomic mass is 35.5. The number of nitrogens with two attached hydrogens (primary N) is 1. The fraction of sp³-hybridized carbons (Fsp3) is 0.136. The first-order valence-electron chi connectivity index (χ1n) is 9.37. The molecule has 0 aliphatic carbocycles. The molecule has 0 spiro atoms. The largest absolute Gasteiger partial charge is 0.494 e. The average Bonchev–Trinajstić information content (AvgIpc) is 3.24. The van der Waals surface area contributed by atoms with Crippen LogP contribution in [-0.4, -0.2) is 33.0 Å². The van der Waals surface area contributed by atoms with Gasteiger partial charge in [0, 0.05) is 36.6 Å². The van der Waals surface area contributed by atoms with Gasteiger partial charge in [0.1, 0.15) is 5.69 Å². The van der Waals surface area contributed by atoms with Crippen molar-refractivity contribution >= 4 is 40.1 Å². The number of nitrogens with one attached hydrogen (secondary N) is 1. The molecule has 9 heteroatoms. The van der Waals surface area contributed by atoms with Gasteiger partial charge >= 0.3 is 0 Å². The van der Waals surface area contributed by atoms with Crippen molar-refractivity contribution in [2.45, 2.75) is 0 Å². The number of amides is 2. The Morgan fingerprint density at radius 1 is 1.13 bits per heavy atom. The van der Waals surface area contributed by atoms with Crippen LogP contribution in [0.2, 0.25) is 5.02 Å². The number of aromatic nitrogens is 3.